The van der Waals surface area contributed by atoms with Crippen LogP contribution in [0.4, 0.5) is 0 Å². The lowest BCUT2D eigenvalue weighted by molar-refractivity contribution is -0.143. The standard InChI is InChI=1S/C19H22O4/c1-19(11-6-5-9-14-7-3-2-4-8-14)12-10-15(17(20)21)13-16(19)18(22)23/h2-4,7-8,10,12-13,16H,5-6,9,11H2,1H3,(H,20,21)(H,22,23). The number of hydrogen-bond acceptors (Lipinski definition) is 2. The molecule has 1 aromatic carbocycles. The molecule has 23 heavy (non-hydrogen) atoms. The van der Waals surface area contributed by atoms with Crippen LogP contribution in [0.2, 0.25) is 0 Å². The van der Waals surface area contributed by atoms with Gasteiger partial charge in [-0.25, -0.2) is 4.79 Å². The molecule has 2 rings (SSSR count). The van der Waals surface area contributed by atoms with Gasteiger partial charge in [-0.15, -0.1) is 0 Å². The summed E-state index contributed by atoms with van der Waals surface area (Å²) in [6.07, 6.45) is 8.20. The zero-order chi connectivity index (χ0) is 16.9. The van der Waals surface area contributed by atoms with Crippen LogP contribution >= 0.6 is 0 Å². The number of unbranched alkanes of at least 4 members (excludes halogenated alkanes) is 1. The maximum Gasteiger partial charge on any atom is 0.335 e. The first-order valence-electron chi connectivity index (χ1n) is 7.83. The van der Waals surface area contributed by atoms with Crippen LogP contribution in [0.15, 0.2) is 54.1 Å². The normalized spacial score (nSPS) is 23.3. The van der Waals surface area contributed by atoms with Crippen LogP contribution in [-0.4, -0.2) is 22.2 Å². The maximum absolute atomic E-state index is 11.5. The average molecular weight is 314 g/mol. The molecule has 1 aromatic rings. The fourth-order valence-corrected chi connectivity index (χ4v) is 3.02. The van der Waals surface area contributed by atoms with Crippen molar-refractivity contribution >= 4 is 11.9 Å². The van der Waals surface area contributed by atoms with Crippen LogP contribution < -0.4 is 0 Å². The van der Waals surface area contributed by atoms with Gasteiger partial charge in [-0.2, -0.15) is 0 Å². The van der Waals surface area contributed by atoms with Crippen molar-refractivity contribution in [1.82, 2.24) is 0 Å². The summed E-state index contributed by atoms with van der Waals surface area (Å²) in [6, 6.07) is 10.2. The number of aliphatic carboxylic acids is 2. The average Bonchev–Trinajstić information content (AvgIpc) is 2.52. The molecular weight excluding hydrogens is 292 g/mol. The molecule has 0 fully saturated rings. The van der Waals surface area contributed by atoms with E-state index in [1.54, 1.807) is 6.08 Å². The van der Waals surface area contributed by atoms with Crippen LogP contribution in [0, 0.1) is 11.3 Å². The highest BCUT2D eigenvalue weighted by Gasteiger charge is 2.38. The van der Waals surface area contributed by atoms with Crippen molar-refractivity contribution in [2.75, 3.05) is 0 Å². The number of rotatable bonds is 7. The van der Waals surface area contributed by atoms with Crippen molar-refractivity contribution in [2.24, 2.45) is 11.3 Å². The predicted molar refractivity (Wildman–Crippen MR) is 88.1 cm³/mol. The number of hydrogen-bond donors (Lipinski definition) is 2. The van der Waals surface area contributed by atoms with Gasteiger partial charge in [-0.3, -0.25) is 4.79 Å². The van der Waals surface area contributed by atoms with E-state index in [0.717, 1.165) is 25.7 Å². The minimum Gasteiger partial charge on any atom is -0.481 e. The zero-order valence-corrected chi connectivity index (χ0v) is 13.2. The van der Waals surface area contributed by atoms with Crippen LogP contribution in [-0.2, 0) is 16.0 Å². The van der Waals surface area contributed by atoms with Crippen molar-refractivity contribution in [1.29, 1.82) is 0 Å². The molecule has 4 heteroatoms. The lowest BCUT2D eigenvalue weighted by atomic mass is 9.70. The molecule has 0 amide bonds. The molecule has 0 aromatic heterocycles. The molecule has 1 aliphatic rings. The fourth-order valence-electron chi connectivity index (χ4n) is 3.02. The smallest absolute Gasteiger partial charge is 0.335 e. The van der Waals surface area contributed by atoms with Gasteiger partial charge >= 0.3 is 11.9 Å². The molecule has 0 bridgehead atoms. The number of aryl methyl sites for hydroxylation is 1. The molecule has 0 saturated heterocycles. The van der Waals surface area contributed by atoms with Gasteiger partial charge in [0.15, 0.2) is 0 Å². The Bertz CT molecular complexity index is 630. The van der Waals surface area contributed by atoms with Crippen LogP contribution in [0.5, 0.6) is 0 Å². The number of carboxylic acid groups (broad SMARTS) is 2. The second kappa shape index (κ2) is 7.27. The molecule has 0 spiro atoms. The number of allylic oxidation sites excluding steroid dienone is 1. The Hall–Kier alpha value is -2.36. The monoisotopic (exact) mass is 314 g/mol. The van der Waals surface area contributed by atoms with Crippen molar-refractivity contribution in [2.45, 2.75) is 32.6 Å². The fraction of sp³-hybridized carbons (Fsp3) is 0.368. The quantitative estimate of drug-likeness (QED) is 0.753. The minimum atomic E-state index is -1.08. The third-order valence-electron chi connectivity index (χ3n) is 4.49. The van der Waals surface area contributed by atoms with Crippen molar-refractivity contribution < 1.29 is 19.8 Å². The van der Waals surface area contributed by atoms with Gasteiger partial charge in [0.05, 0.1) is 11.5 Å². The van der Waals surface area contributed by atoms with Gasteiger partial charge in [-0.1, -0.05) is 61.9 Å². The first-order valence-corrected chi connectivity index (χ1v) is 7.83. The van der Waals surface area contributed by atoms with E-state index in [9.17, 15) is 14.7 Å². The summed E-state index contributed by atoms with van der Waals surface area (Å²) in [6.45, 7) is 1.89. The summed E-state index contributed by atoms with van der Waals surface area (Å²) in [5.41, 5.74) is 0.792. The Morgan fingerprint density at radius 3 is 2.43 bits per heavy atom. The third-order valence-corrected chi connectivity index (χ3v) is 4.49. The Morgan fingerprint density at radius 2 is 1.83 bits per heavy atom. The summed E-state index contributed by atoms with van der Waals surface area (Å²) >= 11 is 0. The molecule has 0 saturated carbocycles. The van der Waals surface area contributed by atoms with Crippen LogP contribution in [0.25, 0.3) is 0 Å². The van der Waals surface area contributed by atoms with E-state index in [2.05, 4.69) is 12.1 Å². The van der Waals surface area contributed by atoms with E-state index in [-0.39, 0.29) is 5.57 Å². The molecule has 4 nitrogen and oxygen atoms in total. The summed E-state index contributed by atoms with van der Waals surface area (Å²) in [7, 11) is 0. The molecule has 0 heterocycles. The summed E-state index contributed by atoms with van der Waals surface area (Å²) in [5, 5.41) is 18.5. The number of carbonyl (C=O) groups is 2. The highest BCUT2D eigenvalue weighted by molar-refractivity contribution is 5.92. The maximum atomic E-state index is 11.5. The largest absolute Gasteiger partial charge is 0.481 e. The topological polar surface area (TPSA) is 74.6 Å². The molecule has 1 aliphatic carbocycles. The van der Waals surface area contributed by atoms with Crippen molar-refractivity contribution in [3.05, 3.63) is 59.7 Å². The first-order chi connectivity index (χ1) is 10.9. The molecular formula is C19H22O4. The molecule has 0 radical (unpaired) electrons. The van der Waals surface area contributed by atoms with Gasteiger partial charge < -0.3 is 10.2 Å². The van der Waals surface area contributed by atoms with E-state index >= 15 is 0 Å². The molecule has 2 N–H and O–H groups in total. The van der Waals surface area contributed by atoms with Gasteiger partial charge in [0.25, 0.3) is 0 Å². The first kappa shape index (κ1) is 17.0. The minimum absolute atomic E-state index is 0.0548. The summed E-state index contributed by atoms with van der Waals surface area (Å²) in [4.78, 5) is 22.6. The molecule has 2 atom stereocenters. The lowest BCUT2D eigenvalue weighted by Gasteiger charge is -2.33. The van der Waals surface area contributed by atoms with Gasteiger partial charge in [0.2, 0.25) is 0 Å². The van der Waals surface area contributed by atoms with E-state index in [4.69, 9.17) is 5.11 Å². The summed E-state index contributed by atoms with van der Waals surface area (Å²) in [5.74, 6) is -2.85. The van der Waals surface area contributed by atoms with Crippen LogP contribution in [0.1, 0.15) is 31.7 Å². The van der Waals surface area contributed by atoms with Gasteiger partial charge in [0.1, 0.15) is 0 Å². The predicted octanol–water partition coefficient (Wildman–Crippen LogP) is 3.69. The Morgan fingerprint density at radius 1 is 1.13 bits per heavy atom. The Labute approximate surface area is 136 Å². The van der Waals surface area contributed by atoms with Gasteiger partial charge in [-0.05, 0) is 24.8 Å². The molecule has 0 aliphatic heterocycles. The number of benzene rings is 1. The highest BCUT2D eigenvalue weighted by Crippen LogP contribution is 2.40. The van der Waals surface area contributed by atoms with E-state index < -0.39 is 23.3 Å². The van der Waals surface area contributed by atoms with Crippen LogP contribution in [0.3, 0.4) is 0 Å². The summed E-state index contributed by atoms with van der Waals surface area (Å²) < 4.78 is 0. The second-order valence-corrected chi connectivity index (χ2v) is 6.27. The van der Waals surface area contributed by atoms with E-state index in [0.29, 0.717) is 0 Å². The van der Waals surface area contributed by atoms with E-state index in [1.807, 2.05) is 25.1 Å². The second-order valence-electron chi connectivity index (χ2n) is 6.27. The number of carboxylic acids is 2. The Kier molecular flexibility index (Phi) is 5.37. The van der Waals surface area contributed by atoms with E-state index in [1.165, 1.54) is 17.7 Å². The SMILES string of the molecule is CC1(CCCCc2ccccc2)C=CC(C(=O)O)=CC1C(=O)O. The third kappa shape index (κ3) is 4.31. The van der Waals surface area contributed by atoms with Crippen molar-refractivity contribution in [3.63, 3.8) is 0 Å². The highest BCUT2D eigenvalue weighted by atomic mass is 16.4. The molecule has 122 valence electrons. The van der Waals surface area contributed by atoms with Crippen molar-refractivity contribution in [3.8, 4) is 0 Å². The zero-order valence-electron chi connectivity index (χ0n) is 13.2. The Balaban J connectivity index is 1.96. The lowest BCUT2D eigenvalue weighted by Crippen LogP contribution is -2.33. The van der Waals surface area contributed by atoms with Gasteiger partial charge in [0, 0.05) is 5.41 Å². The molecule has 2 unspecified atom stereocenters.